The molecule has 0 heterocycles. The summed E-state index contributed by atoms with van der Waals surface area (Å²) in [6.45, 7) is 6.58. The van der Waals surface area contributed by atoms with Gasteiger partial charge in [0, 0.05) is 6.04 Å². The highest BCUT2D eigenvalue weighted by Crippen LogP contribution is 2.25. The normalized spacial score (nSPS) is 14.6. The van der Waals surface area contributed by atoms with Crippen LogP contribution in [0.2, 0.25) is 5.02 Å². The van der Waals surface area contributed by atoms with Gasteiger partial charge in [0.2, 0.25) is 0 Å². The third-order valence-electron chi connectivity index (χ3n) is 3.09. The maximum atomic E-state index is 9.07. The number of rotatable bonds is 5. The minimum Gasteiger partial charge on any atom is -0.392 e. The number of nitrogens with one attached hydrogen (secondary N) is 1. The Bertz CT molecular complexity index is 341. The summed E-state index contributed by atoms with van der Waals surface area (Å²) in [5.41, 5.74) is 1.78. The minimum absolute atomic E-state index is 0.0452. The average molecular weight is 242 g/mol. The van der Waals surface area contributed by atoms with E-state index < -0.39 is 0 Å². The number of anilines is 1. The first-order valence-corrected chi connectivity index (χ1v) is 6.12. The van der Waals surface area contributed by atoms with Gasteiger partial charge in [-0.05, 0) is 30.5 Å². The molecule has 0 saturated carbocycles. The minimum atomic E-state index is 0.0452. The number of hydrogen-bond donors (Lipinski definition) is 2. The van der Waals surface area contributed by atoms with Crippen molar-refractivity contribution in [2.45, 2.75) is 39.8 Å². The Balaban J connectivity index is 2.79. The molecule has 90 valence electrons. The van der Waals surface area contributed by atoms with Gasteiger partial charge in [-0.3, -0.25) is 0 Å². The predicted octanol–water partition coefficient (Wildman–Crippen LogP) is 3.68. The van der Waals surface area contributed by atoms with E-state index >= 15 is 0 Å². The monoisotopic (exact) mass is 241 g/mol. The zero-order valence-corrected chi connectivity index (χ0v) is 10.9. The smallest absolute Gasteiger partial charge is 0.0682 e. The van der Waals surface area contributed by atoms with Gasteiger partial charge in [-0.2, -0.15) is 0 Å². The molecular weight excluding hydrogens is 222 g/mol. The molecular formula is C13H20ClNO. The standard InChI is InChI=1S/C13H20ClNO/c1-4-9(2)10(3)15-13-7-11(8-16)5-6-12(13)14/h5-7,9-10,15-16H,4,8H2,1-3H3. The van der Waals surface area contributed by atoms with E-state index in [0.29, 0.717) is 17.0 Å². The van der Waals surface area contributed by atoms with Crippen molar-refractivity contribution in [3.05, 3.63) is 28.8 Å². The molecule has 0 radical (unpaired) electrons. The Kier molecular flexibility index (Phi) is 5.10. The van der Waals surface area contributed by atoms with Crippen LogP contribution in [0.3, 0.4) is 0 Å². The van der Waals surface area contributed by atoms with E-state index in [4.69, 9.17) is 16.7 Å². The summed E-state index contributed by atoms with van der Waals surface area (Å²) in [5.74, 6) is 0.592. The van der Waals surface area contributed by atoms with Crippen molar-refractivity contribution in [3.63, 3.8) is 0 Å². The van der Waals surface area contributed by atoms with Crippen molar-refractivity contribution < 1.29 is 5.11 Å². The summed E-state index contributed by atoms with van der Waals surface area (Å²) in [5, 5.41) is 13.2. The predicted molar refractivity (Wildman–Crippen MR) is 69.9 cm³/mol. The molecule has 2 N–H and O–H groups in total. The molecule has 1 rings (SSSR count). The second kappa shape index (κ2) is 6.12. The van der Waals surface area contributed by atoms with Crippen molar-refractivity contribution >= 4 is 17.3 Å². The zero-order valence-electron chi connectivity index (χ0n) is 10.1. The van der Waals surface area contributed by atoms with Gasteiger partial charge in [-0.15, -0.1) is 0 Å². The molecule has 0 spiro atoms. The molecule has 2 atom stereocenters. The van der Waals surface area contributed by atoms with E-state index in [-0.39, 0.29) is 6.61 Å². The van der Waals surface area contributed by atoms with E-state index in [0.717, 1.165) is 17.7 Å². The molecule has 1 aromatic rings. The second-order valence-corrected chi connectivity index (χ2v) is 4.70. The Morgan fingerprint density at radius 3 is 2.62 bits per heavy atom. The first-order valence-electron chi connectivity index (χ1n) is 5.74. The molecule has 2 nitrogen and oxygen atoms in total. The van der Waals surface area contributed by atoms with Gasteiger partial charge in [-0.25, -0.2) is 0 Å². The Morgan fingerprint density at radius 1 is 1.38 bits per heavy atom. The van der Waals surface area contributed by atoms with Crippen LogP contribution in [0.25, 0.3) is 0 Å². The zero-order chi connectivity index (χ0) is 12.1. The topological polar surface area (TPSA) is 32.3 Å². The van der Waals surface area contributed by atoms with E-state index in [1.165, 1.54) is 0 Å². The van der Waals surface area contributed by atoms with E-state index in [1.54, 1.807) is 0 Å². The SMILES string of the molecule is CCC(C)C(C)Nc1cc(CO)ccc1Cl. The molecule has 0 aliphatic carbocycles. The molecule has 0 aliphatic rings. The summed E-state index contributed by atoms with van der Waals surface area (Å²) in [7, 11) is 0. The average Bonchev–Trinajstić information content (AvgIpc) is 2.30. The number of hydrogen-bond acceptors (Lipinski definition) is 2. The summed E-state index contributed by atoms with van der Waals surface area (Å²) in [6, 6.07) is 5.93. The van der Waals surface area contributed by atoms with Crippen LogP contribution in [-0.4, -0.2) is 11.1 Å². The van der Waals surface area contributed by atoms with Crippen LogP contribution >= 0.6 is 11.6 Å². The maximum Gasteiger partial charge on any atom is 0.0682 e. The van der Waals surface area contributed by atoms with E-state index in [9.17, 15) is 0 Å². The molecule has 16 heavy (non-hydrogen) atoms. The fourth-order valence-corrected chi connectivity index (χ4v) is 1.69. The van der Waals surface area contributed by atoms with Gasteiger partial charge in [0.15, 0.2) is 0 Å². The molecule has 0 aliphatic heterocycles. The number of aliphatic hydroxyl groups is 1. The molecule has 0 aromatic heterocycles. The Labute approximate surface area is 103 Å². The van der Waals surface area contributed by atoms with Gasteiger partial charge >= 0.3 is 0 Å². The van der Waals surface area contributed by atoms with Gasteiger partial charge in [0.05, 0.1) is 17.3 Å². The molecule has 2 unspecified atom stereocenters. The molecule has 0 saturated heterocycles. The van der Waals surface area contributed by atoms with Crippen LogP contribution < -0.4 is 5.32 Å². The van der Waals surface area contributed by atoms with Crippen LogP contribution in [-0.2, 0) is 6.61 Å². The molecule has 0 fully saturated rings. The fraction of sp³-hybridized carbons (Fsp3) is 0.538. The molecule has 0 amide bonds. The summed E-state index contributed by atoms with van der Waals surface area (Å²) < 4.78 is 0. The van der Waals surface area contributed by atoms with Crippen LogP contribution in [0, 0.1) is 5.92 Å². The highest BCUT2D eigenvalue weighted by Gasteiger charge is 2.11. The van der Waals surface area contributed by atoms with Gasteiger partial charge in [0.1, 0.15) is 0 Å². The maximum absolute atomic E-state index is 9.07. The van der Waals surface area contributed by atoms with E-state index in [1.807, 2.05) is 18.2 Å². The lowest BCUT2D eigenvalue weighted by Gasteiger charge is -2.22. The second-order valence-electron chi connectivity index (χ2n) is 4.29. The van der Waals surface area contributed by atoms with Gasteiger partial charge < -0.3 is 10.4 Å². The number of benzene rings is 1. The summed E-state index contributed by atoms with van der Waals surface area (Å²) in [4.78, 5) is 0. The largest absolute Gasteiger partial charge is 0.392 e. The molecule has 0 bridgehead atoms. The van der Waals surface area contributed by atoms with Crippen LogP contribution in [0.1, 0.15) is 32.8 Å². The van der Waals surface area contributed by atoms with Crippen molar-refractivity contribution in [1.29, 1.82) is 0 Å². The van der Waals surface area contributed by atoms with Crippen molar-refractivity contribution in [3.8, 4) is 0 Å². The third kappa shape index (κ3) is 3.39. The van der Waals surface area contributed by atoms with Gasteiger partial charge in [-0.1, -0.05) is 37.9 Å². The van der Waals surface area contributed by atoms with Crippen molar-refractivity contribution in [2.75, 3.05) is 5.32 Å². The quantitative estimate of drug-likeness (QED) is 0.824. The first-order chi connectivity index (χ1) is 7.58. The Morgan fingerprint density at radius 2 is 2.06 bits per heavy atom. The molecule has 3 heteroatoms. The summed E-state index contributed by atoms with van der Waals surface area (Å²) >= 11 is 6.10. The van der Waals surface area contributed by atoms with Crippen LogP contribution in [0.4, 0.5) is 5.69 Å². The number of halogens is 1. The first kappa shape index (κ1) is 13.3. The van der Waals surface area contributed by atoms with Gasteiger partial charge in [0.25, 0.3) is 0 Å². The van der Waals surface area contributed by atoms with Crippen molar-refractivity contribution in [1.82, 2.24) is 0 Å². The molecule has 1 aromatic carbocycles. The van der Waals surface area contributed by atoms with E-state index in [2.05, 4.69) is 26.1 Å². The number of aliphatic hydroxyl groups excluding tert-OH is 1. The lowest BCUT2D eigenvalue weighted by molar-refractivity contribution is 0.282. The Hall–Kier alpha value is -0.730. The lowest BCUT2D eigenvalue weighted by atomic mass is 10.0. The lowest BCUT2D eigenvalue weighted by Crippen LogP contribution is -2.23. The summed E-state index contributed by atoms with van der Waals surface area (Å²) in [6.07, 6.45) is 1.13. The van der Waals surface area contributed by atoms with Crippen molar-refractivity contribution in [2.24, 2.45) is 5.92 Å². The third-order valence-corrected chi connectivity index (χ3v) is 3.42. The van der Waals surface area contributed by atoms with Crippen LogP contribution in [0.15, 0.2) is 18.2 Å². The fourth-order valence-electron chi connectivity index (χ4n) is 1.52. The van der Waals surface area contributed by atoms with Crippen LogP contribution in [0.5, 0.6) is 0 Å². The highest BCUT2D eigenvalue weighted by atomic mass is 35.5. The highest BCUT2D eigenvalue weighted by molar-refractivity contribution is 6.33.